The van der Waals surface area contributed by atoms with Crippen LogP contribution in [0.15, 0.2) is 0 Å². The van der Waals surface area contributed by atoms with Gasteiger partial charge in [0.2, 0.25) is 0 Å². The van der Waals surface area contributed by atoms with E-state index in [-0.39, 0.29) is 6.04 Å². The van der Waals surface area contributed by atoms with Gasteiger partial charge in [-0.3, -0.25) is 0 Å². The Morgan fingerprint density at radius 2 is 2.00 bits per heavy atom. The fourth-order valence-electron chi connectivity index (χ4n) is 2.75. The zero-order valence-electron chi connectivity index (χ0n) is 11.0. The first-order chi connectivity index (χ1) is 8.18. The number of hydrogen-bond donors (Lipinski definition) is 1. The SMILES string of the molecule is Cc1nnc(CCC(C)N)n1C1CCCCC1. The predicted molar refractivity (Wildman–Crippen MR) is 68.9 cm³/mol. The molecule has 1 aliphatic carbocycles. The van der Waals surface area contributed by atoms with Crippen molar-refractivity contribution in [1.29, 1.82) is 0 Å². The van der Waals surface area contributed by atoms with Crippen molar-refractivity contribution in [3.63, 3.8) is 0 Å². The zero-order chi connectivity index (χ0) is 12.3. The number of nitrogens with zero attached hydrogens (tertiary/aromatic N) is 3. The summed E-state index contributed by atoms with van der Waals surface area (Å²) in [7, 11) is 0. The van der Waals surface area contributed by atoms with Gasteiger partial charge < -0.3 is 10.3 Å². The molecule has 1 saturated carbocycles. The smallest absolute Gasteiger partial charge is 0.133 e. The normalized spacial score (nSPS) is 19.5. The maximum absolute atomic E-state index is 5.82. The molecule has 17 heavy (non-hydrogen) atoms. The molecular weight excluding hydrogens is 212 g/mol. The summed E-state index contributed by atoms with van der Waals surface area (Å²) in [5.74, 6) is 2.20. The Morgan fingerprint density at radius 1 is 1.29 bits per heavy atom. The highest BCUT2D eigenvalue weighted by Gasteiger charge is 2.20. The molecule has 0 aromatic carbocycles. The lowest BCUT2D eigenvalue weighted by Gasteiger charge is -2.25. The molecule has 2 N–H and O–H groups in total. The van der Waals surface area contributed by atoms with Gasteiger partial charge in [0.1, 0.15) is 11.6 Å². The lowest BCUT2D eigenvalue weighted by Crippen LogP contribution is -2.20. The average molecular weight is 236 g/mol. The molecule has 0 radical (unpaired) electrons. The number of nitrogens with two attached hydrogens (primary N) is 1. The largest absolute Gasteiger partial charge is 0.328 e. The molecule has 4 heteroatoms. The first kappa shape index (κ1) is 12.6. The molecular formula is C13H24N4. The van der Waals surface area contributed by atoms with E-state index in [1.165, 1.54) is 32.1 Å². The quantitative estimate of drug-likeness (QED) is 0.873. The monoisotopic (exact) mass is 236 g/mol. The van der Waals surface area contributed by atoms with Crippen LogP contribution >= 0.6 is 0 Å². The topological polar surface area (TPSA) is 56.7 Å². The van der Waals surface area contributed by atoms with E-state index in [0.29, 0.717) is 6.04 Å². The fraction of sp³-hybridized carbons (Fsp3) is 0.846. The van der Waals surface area contributed by atoms with Gasteiger partial charge in [0, 0.05) is 18.5 Å². The molecule has 1 fully saturated rings. The molecule has 0 aliphatic heterocycles. The van der Waals surface area contributed by atoms with Crippen LogP contribution in [0, 0.1) is 6.92 Å². The summed E-state index contributed by atoms with van der Waals surface area (Å²) < 4.78 is 2.36. The Bertz CT molecular complexity index is 350. The summed E-state index contributed by atoms with van der Waals surface area (Å²) in [6, 6.07) is 0.869. The minimum Gasteiger partial charge on any atom is -0.328 e. The minimum atomic E-state index is 0.242. The molecule has 1 unspecified atom stereocenters. The zero-order valence-corrected chi connectivity index (χ0v) is 11.0. The molecule has 1 aromatic heterocycles. The fourth-order valence-corrected chi connectivity index (χ4v) is 2.75. The maximum atomic E-state index is 5.82. The molecule has 0 bridgehead atoms. The van der Waals surface area contributed by atoms with Gasteiger partial charge in [0.15, 0.2) is 0 Å². The molecule has 0 amide bonds. The highest BCUT2D eigenvalue weighted by Crippen LogP contribution is 2.29. The van der Waals surface area contributed by atoms with Gasteiger partial charge in [-0.2, -0.15) is 0 Å². The predicted octanol–water partition coefficient (Wildman–Crippen LogP) is 2.37. The Morgan fingerprint density at radius 3 is 2.65 bits per heavy atom. The van der Waals surface area contributed by atoms with Gasteiger partial charge in [-0.25, -0.2) is 0 Å². The Kier molecular flexibility index (Phi) is 4.15. The highest BCUT2D eigenvalue weighted by atomic mass is 15.3. The van der Waals surface area contributed by atoms with Crippen LogP contribution in [-0.2, 0) is 6.42 Å². The van der Waals surface area contributed by atoms with Gasteiger partial charge in [0.05, 0.1) is 0 Å². The third-order valence-corrected chi connectivity index (χ3v) is 3.70. The highest BCUT2D eigenvalue weighted by molar-refractivity contribution is 4.98. The van der Waals surface area contributed by atoms with Gasteiger partial charge in [0.25, 0.3) is 0 Å². The first-order valence-electron chi connectivity index (χ1n) is 6.84. The second-order valence-corrected chi connectivity index (χ2v) is 5.34. The van der Waals surface area contributed by atoms with E-state index in [4.69, 9.17) is 5.73 Å². The molecule has 1 aliphatic rings. The second kappa shape index (κ2) is 5.63. The van der Waals surface area contributed by atoms with Gasteiger partial charge >= 0.3 is 0 Å². The summed E-state index contributed by atoms with van der Waals surface area (Å²) in [5.41, 5.74) is 5.82. The van der Waals surface area contributed by atoms with Crippen LogP contribution in [0.1, 0.15) is 63.1 Å². The van der Waals surface area contributed by atoms with Gasteiger partial charge in [-0.15, -0.1) is 10.2 Å². The maximum Gasteiger partial charge on any atom is 0.133 e. The third kappa shape index (κ3) is 3.06. The van der Waals surface area contributed by atoms with Crippen molar-refractivity contribution < 1.29 is 0 Å². The summed E-state index contributed by atoms with van der Waals surface area (Å²) in [4.78, 5) is 0. The molecule has 0 spiro atoms. The lowest BCUT2D eigenvalue weighted by atomic mass is 9.95. The number of aryl methyl sites for hydroxylation is 2. The summed E-state index contributed by atoms with van der Waals surface area (Å²) >= 11 is 0. The van der Waals surface area contributed by atoms with Gasteiger partial charge in [-0.05, 0) is 33.1 Å². The van der Waals surface area contributed by atoms with Crippen LogP contribution < -0.4 is 5.73 Å². The van der Waals surface area contributed by atoms with Crippen molar-refractivity contribution in [2.24, 2.45) is 5.73 Å². The van der Waals surface area contributed by atoms with E-state index in [9.17, 15) is 0 Å². The first-order valence-corrected chi connectivity index (χ1v) is 6.84. The van der Waals surface area contributed by atoms with Crippen LogP contribution in [0.4, 0.5) is 0 Å². The number of rotatable bonds is 4. The van der Waals surface area contributed by atoms with E-state index in [2.05, 4.69) is 21.7 Å². The van der Waals surface area contributed by atoms with Crippen molar-refractivity contribution in [2.75, 3.05) is 0 Å². The second-order valence-electron chi connectivity index (χ2n) is 5.34. The van der Waals surface area contributed by atoms with Crippen molar-refractivity contribution in [3.05, 3.63) is 11.6 Å². The molecule has 1 atom stereocenters. The van der Waals surface area contributed by atoms with Gasteiger partial charge in [-0.1, -0.05) is 19.3 Å². The van der Waals surface area contributed by atoms with Crippen LogP contribution in [-0.4, -0.2) is 20.8 Å². The standard InChI is InChI=1S/C13H24N4/c1-10(14)8-9-13-16-15-11(2)17(13)12-6-4-3-5-7-12/h10,12H,3-9,14H2,1-2H3. The lowest BCUT2D eigenvalue weighted by molar-refractivity contribution is 0.339. The van der Waals surface area contributed by atoms with Crippen molar-refractivity contribution in [1.82, 2.24) is 14.8 Å². The van der Waals surface area contributed by atoms with E-state index in [1.807, 2.05) is 6.92 Å². The minimum absolute atomic E-state index is 0.242. The Balaban J connectivity index is 2.10. The van der Waals surface area contributed by atoms with Crippen LogP contribution in [0.2, 0.25) is 0 Å². The number of aromatic nitrogens is 3. The summed E-state index contributed by atoms with van der Waals surface area (Å²) in [6.45, 7) is 4.12. The molecule has 0 saturated heterocycles. The molecule has 2 rings (SSSR count). The van der Waals surface area contributed by atoms with E-state index in [0.717, 1.165) is 24.5 Å². The van der Waals surface area contributed by atoms with Crippen molar-refractivity contribution in [3.8, 4) is 0 Å². The van der Waals surface area contributed by atoms with Crippen molar-refractivity contribution >= 4 is 0 Å². The molecule has 1 heterocycles. The summed E-state index contributed by atoms with van der Waals surface area (Å²) in [5, 5.41) is 8.56. The van der Waals surface area contributed by atoms with Crippen LogP contribution in [0.5, 0.6) is 0 Å². The molecule has 4 nitrogen and oxygen atoms in total. The third-order valence-electron chi connectivity index (χ3n) is 3.70. The van der Waals surface area contributed by atoms with E-state index < -0.39 is 0 Å². The van der Waals surface area contributed by atoms with E-state index in [1.54, 1.807) is 0 Å². The van der Waals surface area contributed by atoms with Crippen LogP contribution in [0.25, 0.3) is 0 Å². The van der Waals surface area contributed by atoms with Crippen molar-refractivity contribution in [2.45, 2.75) is 70.9 Å². The average Bonchev–Trinajstić information content (AvgIpc) is 2.69. The van der Waals surface area contributed by atoms with E-state index >= 15 is 0 Å². The Labute approximate surface area is 104 Å². The number of hydrogen-bond acceptors (Lipinski definition) is 3. The van der Waals surface area contributed by atoms with Crippen LogP contribution in [0.3, 0.4) is 0 Å². The molecule has 96 valence electrons. The Hall–Kier alpha value is -0.900. The molecule has 1 aromatic rings. The summed E-state index contributed by atoms with van der Waals surface area (Å²) in [6.07, 6.45) is 8.57.